The first-order chi connectivity index (χ1) is 14.0. The van der Waals surface area contributed by atoms with Gasteiger partial charge in [-0.2, -0.15) is 0 Å². The summed E-state index contributed by atoms with van der Waals surface area (Å²) < 4.78 is 11.7. The Hall–Kier alpha value is -1.79. The van der Waals surface area contributed by atoms with Crippen molar-refractivity contribution < 1.29 is 9.47 Å². The van der Waals surface area contributed by atoms with Crippen molar-refractivity contribution in [3.63, 3.8) is 0 Å². The Kier molecular flexibility index (Phi) is 8.19. The average Bonchev–Trinajstić information content (AvgIpc) is 3.23. The standard InChI is InChI=1S/C23H38N4O2/c1-17-7-10-27(11-8-17)19(3)14-25-23(24-4)26-15-20-6-5-18(2)13-22(20)29-21-9-12-28-16-21/h5-6,13,17,19,21H,7-12,14-16H2,1-4H3,(H2,24,25,26). The molecule has 0 saturated carbocycles. The van der Waals surface area contributed by atoms with Gasteiger partial charge in [0.25, 0.3) is 0 Å². The van der Waals surface area contributed by atoms with Crippen LogP contribution < -0.4 is 15.4 Å². The van der Waals surface area contributed by atoms with Gasteiger partial charge >= 0.3 is 0 Å². The molecule has 0 amide bonds. The first-order valence-corrected chi connectivity index (χ1v) is 11.1. The molecule has 2 aliphatic heterocycles. The van der Waals surface area contributed by atoms with Crippen LogP contribution in [0.3, 0.4) is 0 Å². The van der Waals surface area contributed by atoms with Crippen molar-refractivity contribution in [1.29, 1.82) is 0 Å². The highest BCUT2D eigenvalue weighted by Crippen LogP contribution is 2.24. The van der Waals surface area contributed by atoms with Gasteiger partial charge in [-0.15, -0.1) is 0 Å². The molecule has 0 radical (unpaired) electrons. The molecule has 0 aromatic heterocycles. The van der Waals surface area contributed by atoms with Gasteiger partial charge in [-0.3, -0.25) is 9.89 Å². The van der Waals surface area contributed by atoms with Crippen LogP contribution in [0.2, 0.25) is 0 Å². The molecular formula is C23H38N4O2. The van der Waals surface area contributed by atoms with Crippen LogP contribution in [0.4, 0.5) is 0 Å². The van der Waals surface area contributed by atoms with Gasteiger partial charge in [0.05, 0.1) is 13.2 Å². The lowest BCUT2D eigenvalue weighted by Gasteiger charge is -2.35. The number of likely N-dealkylation sites (tertiary alicyclic amines) is 1. The number of aryl methyl sites for hydroxylation is 1. The number of aliphatic imine (C=N–C) groups is 1. The van der Waals surface area contributed by atoms with Gasteiger partial charge in [-0.25, -0.2) is 0 Å². The number of piperidine rings is 1. The van der Waals surface area contributed by atoms with Crippen LogP contribution in [0.1, 0.15) is 44.2 Å². The summed E-state index contributed by atoms with van der Waals surface area (Å²) in [5, 5.41) is 6.93. The first kappa shape index (κ1) is 21.9. The zero-order valence-corrected chi connectivity index (χ0v) is 18.5. The molecule has 2 atom stereocenters. The predicted molar refractivity (Wildman–Crippen MR) is 119 cm³/mol. The van der Waals surface area contributed by atoms with E-state index in [-0.39, 0.29) is 6.10 Å². The van der Waals surface area contributed by atoms with E-state index in [1.165, 1.54) is 31.5 Å². The molecule has 1 aromatic carbocycles. The van der Waals surface area contributed by atoms with E-state index in [1.54, 1.807) is 0 Å². The smallest absolute Gasteiger partial charge is 0.191 e. The van der Waals surface area contributed by atoms with Crippen molar-refractivity contribution in [3.05, 3.63) is 29.3 Å². The van der Waals surface area contributed by atoms with Crippen molar-refractivity contribution in [2.75, 3.05) is 39.9 Å². The summed E-state index contributed by atoms with van der Waals surface area (Å²) in [5.41, 5.74) is 2.35. The minimum Gasteiger partial charge on any atom is -0.488 e. The van der Waals surface area contributed by atoms with Crippen molar-refractivity contribution in [2.45, 2.75) is 58.7 Å². The van der Waals surface area contributed by atoms with E-state index >= 15 is 0 Å². The molecule has 0 bridgehead atoms. The van der Waals surface area contributed by atoms with Crippen LogP contribution >= 0.6 is 0 Å². The van der Waals surface area contributed by atoms with Crippen LogP contribution in [-0.2, 0) is 11.3 Å². The van der Waals surface area contributed by atoms with Gasteiger partial charge in [0.2, 0.25) is 0 Å². The van der Waals surface area contributed by atoms with E-state index in [2.05, 4.69) is 59.5 Å². The maximum atomic E-state index is 6.21. The monoisotopic (exact) mass is 402 g/mol. The number of nitrogens with one attached hydrogen (secondary N) is 2. The molecule has 0 aliphatic carbocycles. The number of nitrogens with zero attached hydrogens (tertiary/aromatic N) is 2. The Morgan fingerprint density at radius 3 is 2.76 bits per heavy atom. The first-order valence-electron chi connectivity index (χ1n) is 11.1. The maximum absolute atomic E-state index is 6.21. The highest BCUT2D eigenvalue weighted by Gasteiger charge is 2.21. The Morgan fingerprint density at radius 1 is 1.28 bits per heavy atom. The largest absolute Gasteiger partial charge is 0.488 e. The summed E-state index contributed by atoms with van der Waals surface area (Å²) in [6, 6.07) is 6.88. The van der Waals surface area contributed by atoms with Crippen LogP contribution in [0.5, 0.6) is 5.75 Å². The third kappa shape index (κ3) is 6.61. The van der Waals surface area contributed by atoms with Crippen molar-refractivity contribution in [2.24, 2.45) is 10.9 Å². The molecule has 162 valence electrons. The van der Waals surface area contributed by atoms with Crippen molar-refractivity contribution >= 4 is 5.96 Å². The summed E-state index contributed by atoms with van der Waals surface area (Å²) in [6.07, 6.45) is 3.72. The molecule has 2 aliphatic rings. The van der Waals surface area contributed by atoms with Gasteiger partial charge in [-0.1, -0.05) is 19.1 Å². The second-order valence-corrected chi connectivity index (χ2v) is 8.59. The lowest BCUT2D eigenvalue weighted by molar-refractivity contribution is 0.140. The molecule has 2 fully saturated rings. The predicted octanol–water partition coefficient (Wildman–Crippen LogP) is 2.95. The molecular weight excluding hydrogens is 364 g/mol. The lowest BCUT2D eigenvalue weighted by atomic mass is 9.98. The quantitative estimate of drug-likeness (QED) is 0.542. The van der Waals surface area contributed by atoms with E-state index in [1.807, 2.05) is 7.05 Å². The van der Waals surface area contributed by atoms with Crippen LogP contribution in [-0.4, -0.2) is 62.9 Å². The fourth-order valence-electron chi connectivity index (χ4n) is 3.95. The molecule has 2 heterocycles. The average molecular weight is 403 g/mol. The van der Waals surface area contributed by atoms with Gasteiger partial charge < -0.3 is 20.1 Å². The molecule has 29 heavy (non-hydrogen) atoms. The van der Waals surface area contributed by atoms with Gasteiger partial charge in [0.15, 0.2) is 5.96 Å². The number of rotatable bonds is 7. The van der Waals surface area contributed by atoms with Gasteiger partial charge in [0.1, 0.15) is 11.9 Å². The van der Waals surface area contributed by atoms with E-state index < -0.39 is 0 Å². The Bertz CT molecular complexity index is 665. The second kappa shape index (κ2) is 10.8. The Morgan fingerprint density at radius 2 is 2.07 bits per heavy atom. The SMILES string of the molecule is CN=C(NCc1ccc(C)cc1OC1CCOC1)NCC(C)N1CCC(C)CC1. The highest BCUT2D eigenvalue weighted by molar-refractivity contribution is 5.79. The molecule has 2 saturated heterocycles. The number of ether oxygens (including phenoxy) is 2. The number of guanidine groups is 1. The zero-order chi connectivity index (χ0) is 20.6. The molecule has 6 nitrogen and oxygen atoms in total. The molecule has 2 unspecified atom stereocenters. The maximum Gasteiger partial charge on any atom is 0.191 e. The summed E-state index contributed by atoms with van der Waals surface area (Å²) >= 11 is 0. The summed E-state index contributed by atoms with van der Waals surface area (Å²) in [7, 11) is 1.82. The summed E-state index contributed by atoms with van der Waals surface area (Å²) in [6.45, 7) is 12.2. The lowest BCUT2D eigenvalue weighted by Crippen LogP contribution is -2.48. The number of hydrogen-bond acceptors (Lipinski definition) is 4. The minimum atomic E-state index is 0.154. The van der Waals surface area contributed by atoms with E-state index in [0.717, 1.165) is 42.8 Å². The summed E-state index contributed by atoms with van der Waals surface area (Å²) in [5.74, 6) is 2.64. The molecule has 6 heteroatoms. The second-order valence-electron chi connectivity index (χ2n) is 8.59. The van der Waals surface area contributed by atoms with Crippen molar-refractivity contribution in [3.8, 4) is 5.75 Å². The fraction of sp³-hybridized carbons (Fsp3) is 0.696. The number of hydrogen-bond donors (Lipinski definition) is 2. The Labute approximate surface area is 176 Å². The van der Waals surface area contributed by atoms with Crippen LogP contribution in [0, 0.1) is 12.8 Å². The minimum absolute atomic E-state index is 0.154. The van der Waals surface area contributed by atoms with E-state index in [0.29, 0.717) is 19.2 Å². The molecule has 0 spiro atoms. The zero-order valence-electron chi connectivity index (χ0n) is 18.5. The fourth-order valence-corrected chi connectivity index (χ4v) is 3.95. The third-order valence-corrected chi connectivity index (χ3v) is 6.08. The topological polar surface area (TPSA) is 58.1 Å². The normalized spacial score (nSPS) is 22.5. The highest BCUT2D eigenvalue weighted by atomic mass is 16.5. The van der Waals surface area contributed by atoms with Gasteiger partial charge in [0, 0.05) is 38.2 Å². The van der Waals surface area contributed by atoms with Gasteiger partial charge in [-0.05, 0) is 57.3 Å². The molecule has 2 N–H and O–H groups in total. The van der Waals surface area contributed by atoms with E-state index in [9.17, 15) is 0 Å². The molecule has 3 rings (SSSR count). The van der Waals surface area contributed by atoms with Crippen LogP contribution in [0.25, 0.3) is 0 Å². The van der Waals surface area contributed by atoms with Crippen LogP contribution in [0.15, 0.2) is 23.2 Å². The van der Waals surface area contributed by atoms with E-state index in [4.69, 9.17) is 9.47 Å². The Balaban J connectivity index is 1.50. The van der Waals surface area contributed by atoms with Crippen molar-refractivity contribution in [1.82, 2.24) is 15.5 Å². The summed E-state index contributed by atoms with van der Waals surface area (Å²) in [4.78, 5) is 6.98. The third-order valence-electron chi connectivity index (χ3n) is 6.08. The molecule has 1 aromatic rings. The number of benzene rings is 1.